The number of hydrogen-bond acceptors (Lipinski definition) is 4. The maximum atomic E-state index is 9.07. The number of aliphatic hydroxyl groups excluding tert-OH is 1. The molecule has 0 radical (unpaired) electrons. The maximum absolute atomic E-state index is 9.07. The second-order valence-electron chi connectivity index (χ2n) is 6.78. The summed E-state index contributed by atoms with van der Waals surface area (Å²) in [5.41, 5.74) is 5.30. The Hall–Kier alpha value is -2.50. The number of aromatic nitrogens is 2. The summed E-state index contributed by atoms with van der Waals surface area (Å²) in [4.78, 5) is 9.30. The van der Waals surface area contributed by atoms with Gasteiger partial charge in [0.25, 0.3) is 0 Å². The van der Waals surface area contributed by atoms with Gasteiger partial charge in [0, 0.05) is 34.9 Å². The summed E-state index contributed by atoms with van der Waals surface area (Å²) in [5, 5.41) is 11.3. The van der Waals surface area contributed by atoms with E-state index in [0.29, 0.717) is 13.0 Å². The Morgan fingerprint density at radius 2 is 2.07 bits per heavy atom. The first-order valence-electron chi connectivity index (χ1n) is 9.59. The molecular formula is C23H24N2O2S. The number of pyridine rings is 1. The molecule has 0 aliphatic carbocycles. The van der Waals surface area contributed by atoms with Crippen LogP contribution in [0.3, 0.4) is 0 Å². The molecule has 0 saturated heterocycles. The molecule has 0 aliphatic heterocycles. The van der Waals surface area contributed by atoms with Gasteiger partial charge in [-0.3, -0.25) is 0 Å². The minimum Gasteiger partial charge on any atom is -0.491 e. The molecule has 0 amide bonds. The number of thioether (sulfide) groups is 1. The number of ether oxygens (including phenoxy) is 1. The van der Waals surface area contributed by atoms with Crippen molar-refractivity contribution in [3.05, 3.63) is 54.2 Å². The highest BCUT2D eigenvalue weighted by Gasteiger charge is 2.16. The molecule has 5 heteroatoms. The fraction of sp³-hybridized carbons (Fsp3) is 0.261. The second kappa shape index (κ2) is 8.25. The van der Waals surface area contributed by atoms with Crippen molar-refractivity contribution in [1.29, 1.82) is 0 Å². The van der Waals surface area contributed by atoms with E-state index in [0.717, 1.165) is 39.0 Å². The summed E-state index contributed by atoms with van der Waals surface area (Å²) in [6.07, 6.45) is 2.49. The Morgan fingerprint density at radius 3 is 2.89 bits per heavy atom. The first-order valence-corrected chi connectivity index (χ1v) is 10.6. The van der Waals surface area contributed by atoms with Crippen LogP contribution in [0.15, 0.2) is 53.6 Å². The Bertz CT molecular complexity index is 1120. The van der Waals surface area contributed by atoms with Gasteiger partial charge in [-0.05, 0) is 59.7 Å². The van der Waals surface area contributed by atoms with E-state index in [1.807, 2.05) is 24.0 Å². The normalized spacial score (nSPS) is 11.4. The van der Waals surface area contributed by atoms with Crippen LogP contribution in [-0.4, -0.2) is 34.0 Å². The van der Waals surface area contributed by atoms with E-state index in [2.05, 4.69) is 60.2 Å². The van der Waals surface area contributed by atoms with Gasteiger partial charge in [-0.1, -0.05) is 19.1 Å². The topological polar surface area (TPSA) is 58.1 Å². The van der Waals surface area contributed by atoms with Gasteiger partial charge in [0.1, 0.15) is 11.4 Å². The average Bonchev–Trinajstić information content (AvgIpc) is 3.08. The van der Waals surface area contributed by atoms with E-state index < -0.39 is 0 Å². The first-order chi connectivity index (χ1) is 13.7. The zero-order valence-corrected chi connectivity index (χ0v) is 17.0. The second-order valence-corrected chi connectivity index (χ2v) is 8.12. The third kappa shape index (κ3) is 3.60. The summed E-state index contributed by atoms with van der Waals surface area (Å²) < 4.78 is 5.95. The van der Waals surface area contributed by atoms with Gasteiger partial charge >= 0.3 is 0 Å². The molecule has 2 heterocycles. The lowest BCUT2D eigenvalue weighted by molar-refractivity contribution is 0.234. The van der Waals surface area contributed by atoms with Crippen LogP contribution in [0.5, 0.6) is 5.75 Å². The van der Waals surface area contributed by atoms with Crippen LogP contribution in [0.25, 0.3) is 33.1 Å². The molecule has 28 heavy (non-hydrogen) atoms. The molecule has 0 aliphatic rings. The van der Waals surface area contributed by atoms with Gasteiger partial charge in [-0.25, -0.2) is 4.98 Å². The molecule has 2 aromatic carbocycles. The summed E-state index contributed by atoms with van der Waals surface area (Å²) in [7, 11) is 0. The number of aliphatic hydroxyl groups is 1. The third-order valence-electron chi connectivity index (χ3n) is 4.72. The van der Waals surface area contributed by atoms with Gasteiger partial charge in [0.15, 0.2) is 0 Å². The summed E-state index contributed by atoms with van der Waals surface area (Å²) in [6, 6.07) is 15.0. The smallest absolute Gasteiger partial charge is 0.143 e. The van der Waals surface area contributed by atoms with Gasteiger partial charge in [0.2, 0.25) is 0 Å². The molecule has 0 fully saturated rings. The SMILES string of the molecule is CCSc1cccc(-c2ccc(OCCCO)c3[nH]c4ncc(C)cc4c23)c1. The first kappa shape index (κ1) is 18.8. The highest BCUT2D eigenvalue weighted by molar-refractivity contribution is 7.99. The fourth-order valence-corrected chi connectivity index (χ4v) is 4.21. The zero-order valence-electron chi connectivity index (χ0n) is 16.2. The van der Waals surface area contributed by atoms with Crippen LogP contribution >= 0.6 is 11.8 Å². The van der Waals surface area contributed by atoms with Crippen molar-refractivity contribution >= 4 is 33.7 Å². The molecule has 144 valence electrons. The fourth-order valence-electron chi connectivity index (χ4n) is 3.49. The van der Waals surface area contributed by atoms with Crippen LogP contribution in [0.4, 0.5) is 0 Å². The standard InChI is InChI=1S/C23H24N2O2S/c1-3-28-17-7-4-6-16(13-17)18-8-9-20(27-11-5-10-26)22-21(18)19-12-15(2)14-24-23(19)25-22/h4,6-9,12-14,26H,3,5,10-11H2,1-2H3,(H,24,25). The van der Waals surface area contributed by atoms with Gasteiger partial charge in [-0.15, -0.1) is 11.8 Å². The number of aromatic amines is 1. The molecule has 2 aromatic heterocycles. The number of aryl methyl sites for hydroxylation is 1. The summed E-state index contributed by atoms with van der Waals surface area (Å²) in [5.74, 6) is 1.84. The Morgan fingerprint density at radius 1 is 1.18 bits per heavy atom. The van der Waals surface area contributed by atoms with Crippen molar-refractivity contribution in [2.75, 3.05) is 19.0 Å². The van der Waals surface area contributed by atoms with Gasteiger partial charge in [-0.2, -0.15) is 0 Å². The molecule has 2 N–H and O–H groups in total. The number of hydrogen-bond donors (Lipinski definition) is 2. The largest absolute Gasteiger partial charge is 0.491 e. The molecular weight excluding hydrogens is 368 g/mol. The Kier molecular flexibility index (Phi) is 5.55. The molecule has 0 atom stereocenters. The van der Waals surface area contributed by atoms with E-state index in [1.165, 1.54) is 16.0 Å². The average molecular weight is 393 g/mol. The van der Waals surface area contributed by atoms with Gasteiger partial charge < -0.3 is 14.8 Å². The molecule has 4 rings (SSSR count). The lowest BCUT2D eigenvalue weighted by Crippen LogP contribution is -2.00. The predicted molar refractivity (Wildman–Crippen MR) is 117 cm³/mol. The molecule has 4 nitrogen and oxygen atoms in total. The molecule has 4 aromatic rings. The Balaban J connectivity index is 1.93. The Labute approximate surface area is 169 Å². The molecule has 0 unspecified atom stereocenters. The van der Waals surface area contributed by atoms with Crippen molar-refractivity contribution in [3.63, 3.8) is 0 Å². The summed E-state index contributed by atoms with van der Waals surface area (Å²) in [6.45, 7) is 4.83. The number of nitrogens with one attached hydrogen (secondary N) is 1. The molecule has 0 bridgehead atoms. The lowest BCUT2D eigenvalue weighted by atomic mass is 9.99. The van der Waals surface area contributed by atoms with Crippen LogP contribution in [-0.2, 0) is 0 Å². The zero-order chi connectivity index (χ0) is 19.5. The third-order valence-corrected chi connectivity index (χ3v) is 5.60. The monoisotopic (exact) mass is 392 g/mol. The van der Waals surface area contributed by atoms with Crippen LogP contribution in [0.1, 0.15) is 18.9 Å². The summed E-state index contributed by atoms with van der Waals surface area (Å²) >= 11 is 1.85. The van der Waals surface area contributed by atoms with Crippen molar-refractivity contribution in [2.24, 2.45) is 0 Å². The van der Waals surface area contributed by atoms with E-state index in [1.54, 1.807) is 0 Å². The number of benzene rings is 2. The van der Waals surface area contributed by atoms with Crippen molar-refractivity contribution in [2.45, 2.75) is 25.2 Å². The quantitative estimate of drug-likeness (QED) is 0.319. The minimum absolute atomic E-state index is 0.122. The van der Waals surface area contributed by atoms with E-state index in [9.17, 15) is 0 Å². The highest BCUT2D eigenvalue weighted by atomic mass is 32.2. The van der Waals surface area contributed by atoms with Crippen molar-refractivity contribution in [3.8, 4) is 16.9 Å². The number of H-pyrrole nitrogens is 1. The number of fused-ring (bicyclic) bond motifs is 3. The van der Waals surface area contributed by atoms with E-state index in [4.69, 9.17) is 9.84 Å². The number of nitrogens with zero attached hydrogens (tertiary/aromatic N) is 1. The maximum Gasteiger partial charge on any atom is 0.143 e. The molecule has 0 saturated carbocycles. The highest BCUT2D eigenvalue weighted by Crippen LogP contribution is 2.39. The van der Waals surface area contributed by atoms with Crippen LogP contribution < -0.4 is 4.74 Å². The van der Waals surface area contributed by atoms with Crippen LogP contribution in [0, 0.1) is 6.92 Å². The predicted octanol–water partition coefficient (Wildman–Crippen LogP) is 5.56. The van der Waals surface area contributed by atoms with Crippen LogP contribution in [0.2, 0.25) is 0 Å². The number of rotatable bonds is 7. The lowest BCUT2D eigenvalue weighted by Gasteiger charge is -2.11. The molecule has 0 spiro atoms. The minimum atomic E-state index is 0.122. The van der Waals surface area contributed by atoms with Crippen molar-refractivity contribution < 1.29 is 9.84 Å². The van der Waals surface area contributed by atoms with E-state index >= 15 is 0 Å². The van der Waals surface area contributed by atoms with E-state index in [-0.39, 0.29) is 6.61 Å². The van der Waals surface area contributed by atoms with Gasteiger partial charge in [0.05, 0.1) is 12.1 Å². The van der Waals surface area contributed by atoms with Crippen molar-refractivity contribution in [1.82, 2.24) is 9.97 Å².